The van der Waals surface area contributed by atoms with Crippen LogP contribution in [0.1, 0.15) is 38.8 Å². The van der Waals surface area contributed by atoms with Crippen molar-refractivity contribution in [1.29, 1.82) is 0 Å². The van der Waals surface area contributed by atoms with Gasteiger partial charge in [0.25, 0.3) is 0 Å². The van der Waals surface area contributed by atoms with Crippen LogP contribution in [0.25, 0.3) is 0 Å². The number of hydrogen-bond donors (Lipinski definition) is 3. The lowest BCUT2D eigenvalue weighted by molar-refractivity contribution is -0.114. The monoisotopic (exact) mass is 276 g/mol. The Hall–Kier alpha value is -1.62. The van der Waals surface area contributed by atoms with E-state index in [1.165, 1.54) is 19.3 Å². The zero-order chi connectivity index (χ0) is 14.4. The number of nitrogens with one attached hydrogen (secondary N) is 3. The summed E-state index contributed by atoms with van der Waals surface area (Å²) in [6, 6.07) is 3.97. The van der Waals surface area contributed by atoms with Gasteiger partial charge in [-0.2, -0.15) is 0 Å². The topological polar surface area (TPSA) is 66.0 Å². The second-order valence-electron chi connectivity index (χ2n) is 5.29. The lowest BCUT2D eigenvalue weighted by Crippen LogP contribution is -2.29. The third-order valence-electron chi connectivity index (χ3n) is 3.66. The smallest absolute Gasteiger partial charge is 0.244 e. The van der Waals surface area contributed by atoms with Gasteiger partial charge in [0.15, 0.2) is 5.82 Å². The summed E-state index contributed by atoms with van der Waals surface area (Å²) in [6.45, 7) is 6.54. The SMILES string of the molecule is CCCC(CC)CNCc1ccc2c(n1)NC(=O)CN2. The van der Waals surface area contributed by atoms with Gasteiger partial charge in [-0.25, -0.2) is 4.98 Å². The highest BCUT2D eigenvalue weighted by Gasteiger charge is 2.15. The molecule has 0 spiro atoms. The van der Waals surface area contributed by atoms with Crippen molar-refractivity contribution in [2.45, 2.75) is 39.7 Å². The predicted octanol–water partition coefficient (Wildman–Crippen LogP) is 2.36. The lowest BCUT2D eigenvalue weighted by atomic mass is 10.0. The van der Waals surface area contributed by atoms with Crippen LogP contribution in [0.3, 0.4) is 0 Å². The summed E-state index contributed by atoms with van der Waals surface area (Å²) in [4.78, 5) is 15.8. The van der Waals surface area contributed by atoms with Crippen molar-refractivity contribution in [3.8, 4) is 0 Å². The Balaban J connectivity index is 1.87. The molecule has 1 aliphatic rings. The Morgan fingerprint density at radius 1 is 1.40 bits per heavy atom. The zero-order valence-electron chi connectivity index (χ0n) is 12.3. The van der Waals surface area contributed by atoms with Crippen molar-refractivity contribution < 1.29 is 4.79 Å². The molecule has 0 saturated carbocycles. The quantitative estimate of drug-likeness (QED) is 0.715. The van der Waals surface area contributed by atoms with Gasteiger partial charge in [0, 0.05) is 6.54 Å². The molecule has 1 aromatic rings. The van der Waals surface area contributed by atoms with E-state index in [0.717, 1.165) is 30.4 Å². The van der Waals surface area contributed by atoms with Crippen LogP contribution >= 0.6 is 0 Å². The first-order valence-electron chi connectivity index (χ1n) is 7.47. The average Bonchev–Trinajstić information content (AvgIpc) is 2.46. The fraction of sp³-hybridized carbons (Fsp3) is 0.600. The fourth-order valence-electron chi connectivity index (χ4n) is 2.45. The molecular weight excluding hydrogens is 252 g/mol. The molecule has 5 nitrogen and oxygen atoms in total. The minimum Gasteiger partial charge on any atom is -0.373 e. The van der Waals surface area contributed by atoms with E-state index in [4.69, 9.17) is 0 Å². The number of amides is 1. The van der Waals surface area contributed by atoms with Gasteiger partial charge >= 0.3 is 0 Å². The molecule has 0 bridgehead atoms. The third-order valence-corrected chi connectivity index (χ3v) is 3.66. The molecule has 2 heterocycles. The average molecular weight is 276 g/mol. The summed E-state index contributed by atoms with van der Waals surface area (Å²) in [5.74, 6) is 1.34. The molecule has 0 saturated heterocycles. The van der Waals surface area contributed by atoms with Crippen LogP contribution in [0, 0.1) is 5.92 Å². The highest BCUT2D eigenvalue weighted by Crippen LogP contribution is 2.22. The number of carbonyl (C=O) groups is 1. The van der Waals surface area contributed by atoms with Gasteiger partial charge in [-0.05, 0) is 31.0 Å². The Bertz CT molecular complexity index is 461. The molecule has 5 heteroatoms. The largest absolute Gasteiger partial charge is 0.373 e. The molecule has 20 heavy (non-hydrogen) atoms. The Morgan fingerprint density at radius 2 is 2.25 bits per heavy atom. The number of nitrogens with zero attached hydrogens (tertiary/aromatic N) is 1. The second-order valence-corrected chi connectivity index (χ2v) is 5.29. The minimum atomic E-state index is -0.0379. The van der Waals surface area contributed by atoms with E-state index in [1.807, 2.05) is 12.1 Å². The van der Waals surface area contributed by atoms with Crippen LogP contribution in [0.2, 0.25) is 0 Å². The molecule has 1 amide bonds. The second kappa shape index (κ2) is 7.24. The van der Waals surface area contributed by atoms with Gasteiger partial charge in [-0.1, -0.05) is 26.7 Å². The normalized spacial score (nSPS) is 15.2. The van der Waals surface area contributed by atoms with E-state index in [1.54, 1.807) is 0 Å². The van der Waals surface area contributed by atoms with Gasteiger partial charge < -0.3 is 16.0 Å². The first-order chi connectivity index (χ1) is 9.72. The predicted molar refractivity (Wildman–Crippen MR) is 81.8 cm³/mol. The molecular formula is C15H24N4O. The summed E-state index contributed by atoms with van der Waals surface area (Å²) in [5.41, 5.74) is 1.85. The molecule has 1 aliphatic heterocycles. The van der Waals surface area contributed by atoms with Gasteiger partial charge in [0.1, 0.15) is 0 Å². The van der Waals surface area contributed by atoms with E-state index >= 15 is 0 Å². The standard InChI is InChI=1S/C15H24N4O/c1-3-5-11(4-2)8-16-9-12-6-7-13-15(18-12)19-14(20)10-17-13/h6-7,11,16-17H,3-5,8-10H2,1-2H3,(H,18,19,20). The molecule has 0 fully saturated rings. The van der Waals surface area contributed by atoms with Crippen LogP contribution in [-0.4, -0.2) is 24.0 Å². The summed E-state index contributed by atoms with van der Waals surface area (Å²) in [6.07, 6.45) is 3.70. The lowest BCUT2D eigenvalue weighted by Gasteiger charge is -2.19. The van der Waals surface area contributed by atoms with Gasteiger partial charge in [0.2, 0.25) is 5.91 Å². The molecule has 3 N–H and O–H groups in total. The van der Waals surface area contributed by atoms with E-state index in [2.05, 4.69) is 34.8 Å². The van der Waals surface area contributed by atoms with Gasteiger partial charge in [-0.3, -0.25) is 4.79 Å². The van der Waals surface area contributed by atoms with E-state index < -0.39 is 0 Å². The zero-order valence-corrected chi connectivity index (χ0v) is 12.3. The van der Waals surface area contributed by atoms with Crippen molar-refractivity contribution in [1.82, 2.24) is 10.3 Å². The molecule has 0 radical (unpaired) electrons. The number of anilines is 2. The number of aromatic nitrogens is 1. The van der Waals surface area contributed by atoms with Crippen LogP contribution in [0.15, 0.2) is 12.1 Å². The van der Waals surface area contributed by atoms with Crippen LogP contribution in [0.5, 0.6) is 0 Å². The highest BCUT2D eigenvalue weighted by molar-refractivity contribution is 5.99. The molecule has 0 aliphatic carbocycles. The molecule has 0 aromatic carbocycles. The minimum absolute atomic E-state index is 0.0379. The Morgan fingerprint density at radius 3 is 3.00 bits per heavy atom. The van der Waals surface area contributed by atoms with E-state index in [9.17, 15) is 4.79 Å². The number of fused-ring (bicyclic) bond motifs is 1. The van der Waals surface area contributed by atoms with Crippen LogP contribution in [0.4, 0.5) is 11.5 Å². The number of hydrogen-bond acceptors (Lipinski definition) is 4. The third kappa shape index (κ3) is 3.93. The van der Waals surface area contributed by atoms with Gasteiger partial charge in [-0.15, -0.1) is 0 Å². The molecule has 1 unspecified atom stereocenters. The van der Waals surface area contributed by atoms with E-state index in [0.29, 0.717) is 12.4 Å². The van der Waals surface area contributed by atoms with Crippen molar-refractivity contribution >= 4 is 17.4 Å². The maximum Gasteiger partial charge on any atom is 0.244 e. The molecule has 2 rings (SSSR count). The van der Waals surface area contributed by atoms with E-state index in [-0.39, 0.29) is 5.91 Å². The number of pyridine rings is 1. The van der Waals surface area contributed by atoms with Crippen molar-refractivity contribution in [3.05, 3.63) is 17.8 Å². The molecule has 1 aromatic heterocycles. The Labute approximate surface area is 120 Å². The van der Waals surface area contributed by atoms with Crippen LogP contribution in [-0.2, 0) is 11.3 Å². The molecule has 1 atom stereocenters. The summed E-state index contributed by atoms with van der Waals surface area (Å²) >= 11 is 0. The van der Waals surface area contributed by atoms with Crippen LogP contribution < -0.4 is 16.0 Å². The summed E-state index contributed by atoms with van der Waals surface area (Å²) in [5, 5.41) is 9.30. The van der Waals surface area contributed by atoms with Crippen molar-refractivity contribution in [3.63, 3.8) is 0 Å². The maximum absolute atomic E-state index is 11.3. The first-order valence-corrected chi connectivity index (χ1v) is 7.47. The highest BCUT2D eigenvalue weighted by atomic mass is 16.2. The Kier molecular flexibility index (Phi) is 5.35. The summed E-state index contributed by atoms with van der Waals surface area (Å²) in [7, 11) is 0. The van der Waals surface area contributed by atoms with Gasteiger partial charge in [0.05, 0.1) is 17.9 Å². The van der Waals surface area contributed by atoms with Crippen molar-refractivity contribution in [2.75, 3.05) is 23.7 Å². The van der Waals surface area contributed by atoms with Crippen molar-refractivity contribution in [2.24, 2.45) is 5.92 Å². The molecule has 110 valence electrons. The summed E-state index contributed by atoms with van der Waals surface area (Å²) < 4.78 is 0. The first kappa shape index (κ1) is 14.8. The fourth-order valence-corrected chi connectivity index (χ4v) is 2.45. The number of carbonyl (C=O) groups excluding carboxylic acids is 1. The maximum atomic E-state index is 11.3. The number of rotatable bonds is 7.